The van der Waals surface area contributed by atoms with Crippen molar-refractivity contribution >= 4 is 11.8 Å². The number of hydrogen-bond acceptors (Lipinski definition) is 5. The largest absolute Gasteiger partial charge is 0.347 e. The number of ether oxygens (including phenoxy) is 2. The second kappa shape index (κ2) is 7.03. The van der Waals surface area contributed by atoms with E-state index in [9.17, 15) is 4.39 Å². The lowest BCUT2D eigenvalue weighted by molar-refractivity contribution is -0.234. The molecule has 1 spiro atoms. The van der Waals surface area contributed by atoms with Crippen LogP contribution in [0.3, 0.4) is 0 Å². The van der Waals surface area contributed by atoms with E-state index in [0.29, 0.717) is 35.8 Å². The third-order valence-electron chi connectivity index (χ3n) is 7.43. The second-order valence-electron chi connectivity index (χ2n) is 8.73. The highest BCUT2D eigenvalue weighted by atomic mass is 32.2. The standard InChI is InChI=1S/C23H27FN2O2S/c1-14-17-9-8-16-19(15-6-4-5-7-18(15)24)25-21(29-3)26-20(16)22(17,2)10-11-23(14)27-12-13-28-23/h4-7,14,17H,8-13H2,1-3H3/t14-,17-,22-/m1/s1. The van der Waals surface area contributed by atoms with Crippen LogP contribution in [0, 0.1) is 17.7 Å². The van der Waals surface area contributed by atoms with Gasteiger partial charge in [-0.3, -0.25) is 0 Å². The molecule has 2 aromatic rings. The highest BCUT2D eigenvalue weighted by molar-refractivity contribution is 7.98. The van der Waals surface area contributed by atoms with Crippen LogP contribution in [0.15, 0.2) is 29.4 Å². The van der Waals surface area contributed by atoms with E-state index in [1.807, 2.05) is 18.4 Å². The summed E-state index contributed by atoms with van der Waals surface area (Å²) in [5, 5.41) is 0.713. The van der Waals surface area contributed by atoms with E-state index in [4.69, 9.17) is 19.4 Å². The molecule has 0 unspecified atom stereocenters. The van der Waals surface area contributed by atoms with Crippen molar-refractivity contribution in [1.29, 1.82) is 0 Å². The Kier molecular flexibility index (Phi) is 4.72. The maximum Gasteiger partial charge on any atom is 0.188 e. The normalized spacial score (nSPS) is 30.2. The molecule has 0 amide bonds. The van der Waals surface area contributed by atoms with Gasteiger partial charge in [-0.25, -0.2) is 14.4 Å². The Balaban J connectivity index is 1.65. The van der Waals surface area contributed by atoms with E-state index in [-0.39, 0.29) is 11.2 Å². The summed E-state index contributed by atoms with van der Waals surface area (Å²) in [6, 6.07) is 6.94. The molecule has 3 atom stereocenters. The van der Waals surface area contributed by atoms with Crippen LogP contribution in [0.1, 0.15) is 44.4 Å². The molecule has 154 valence electrons. The van der Waals surface area contributed by atoms with Crippen molar-refractivity contribution in [2.45, 2.75) is 55.9 Å². The van der Waals surface area contributed by atoms with E-state index in [1.165, 1.54) is 17.8 Å². The second-order valence-corrected chi connectivity index (χ2v) is 9.50. The molecule has 1 aliphatic heterocycles. The number of nitrogens with zero attached hydrogens (tertiary/aromatic N) is 2. The van der Waals surface area contributed by atoms with Gasteiger partial charge in [-0.2, -0.15) is 0 Å². The summed E-state index contributed by atoms with van der Waals surface area (Å²) in [7, 11) is 0. The first-order valence-corrected chi connectivity index (χ1v) is 11.7. The molecule has 4 nitrogen and oxygen atoms in total. The average Bonchev–Trinajstić information content (AvgIpc) is 3.21. The summed E-state index contributed by atoms with van der Waals surface area (Å²) in [4.78, 5) is 9.76. The molecular weight excluding hydrogens is 387 g/mol. The number of hydrogen-bond donors (Lipinski definition) is 0. The van der Waals surface area contributed by atoms with Crippen LogP contribution in [-0.4, -0.2) is 35.2 Å². The number of halogens is 1. The summed E-state index contributed by atoms with van der Waals surface area (Å²) >= 11 is 1.52. The molecule has 3 aliphatic rings. The van der Waals surface area contributed by atoms with Gasteiger partial charge in [0.25, 0.3) is 0 Å². The monoisotopic (exact) mass is 414 g/mol. The number of rotatable bonds is 2. The molecule has 2 heterocycles. The number of benzene rings is 1. The fourth-order valence-corrected chi connectivity index (χ4v) is 6.25. The SMILES string of the molecule is CSc1nc(-c2ccccc2F)c2c(n1)[C@]1(C)CCC3(OCCO3)[C@H](C)[C@H]1CC2. The first kappa shape index (κ1) is 19.5. The molecule has 1 saturated heterocycles. The summed E-state index contributed by atoms with van der Waals surface area (Å²) in [5.41, 5.74) is 3.47. The van der Waals surface area contributed by atoms with Gasteiger partial charge in [0, 0.05) is 28.9 Å². The van der Waals surface area contributed by atoms with E-state index >= 15 is 0 Å². The zero-order chi connectivity index (χ0) is 20.2. The highest BCUT2D eigenvalue weighted by Crippen LogP contribution is 2.57. The van der Waals surface area contributed by atoms with Crippen molar-refractivity contribution in [3.05, 3.63) is 41.3 Å². The molecule has 0 radical (unpaired) electrons. The van der Waals surface area contributed by atoms with Crippen molar-refractivity contribution in [3.8, 4) is 11.3 Å². The Labute approximate surface area is 175 Å². The Hall–Kier alpha value is -1.50. The summed E-state index contributed by atoms with van der Waals surface area (Å²) in [5.74, 6) is 0.0451. The molecule has 0 N–H and O–H groups in total. The van der Waals surface area contributed by atoms with Gasteiger partial charge in [-0.15, -0.1) is 0 Å². The van der Waals surface area contributed by atoms with Gasteiger partial charge in [0.2, 0.25) is 0 Å². The van der Waals surface area contributed by atoms with Crippen LogP contribution in [0.4, 0.5) is 4.39 Å². The van der Waals surface area contributed by atoms with Crippen molar-refractivity contribution in [2.75, 3.05) is 19.5 Å². The minimum Gasteiger partial charge on any atom is -0.347 e. The summed E-state index contributed by atoms with van der Waals surface area (Å²) < 4.78 is 26.9. The Morgan fingerprint density at radius 2 is 1.90 bits per heavy atom. The van der Waals surface area contributed by atoms with Crippen LogP contribution in [0.5, 0.6) is 0 Å². The van der Waals surface area contributed by atoms with Crippen molar-refractivity contribution in [3.63, 3.8) is 0 Å². The van der Waals surface area contributed by atoms with Crippen LogP contribution >= 0.6 is 11.8 Å². The minimum atomic E-state index is -0.439. The fourth-order valence-electron chi connectivity index (χ4n) is 5.89. The summed E-state index contributed by atoms with van der Waals surface area (Å²) in [6.45, 7) is 5.96. The van der Waals surface area contributed by atoms with Crippen LogP contribution in [0.2, 0.25) is 0 Å². The zero-order valence-corrected chi connectivity index (χ0v) is 18.0. The molecule has 2 aliphatic carbocycles. The van der Waals surface area contributed by atoms with Crippen LogP contribution in [-0.2, 0) is 21.3 Å². The lowest BCUT2D eigenvalue weighted by atomic mass is 9.54. The highest BCUT2D eigenvalue weighted by Gasteiger charge is 2.57. The van der Waals surface area contributed by atoms with Crippen molar-refractivity contribution in [2.24, 2.45) is 11.8 Å². The van der Waals surface area contributed by atoms with E-state index in [2.05, 4.69) is 13.8 Å². The van der Waals surface area contributed by atoms with E-state index < -0.39 is 5.79 Å². The van der Waals surface area contributed by atoms with Gasteiger partial charge in [-0.1, -0.05) is 37.7 Å². The van der Waals surface area contributed by atoms with Gasteiger partial charge >= 0.3 is 0 Å². The number of thioether (sulfide) groups is 1. The number of aromatic nitrogens is 2. The zero-order valence-electron chi connectivity index (χ0n) is 17.2. The minimum absolute atomic E-state index is 0.0824. The van der Waals surface area contributed by atoms with Crippen molar-refractivity contribution in [1.82, 2.24) is 9.97 Å². The van der Waals surface area contributed by atoms with Gasteiger partial charge in [0.1, 0.15) is 5.82 Å². The smallest absolute Gasteiger partial charge is 0.188 e. The molecule has 1 saturated carbocycles. The van der Waals surface area contributed by atoms with Gasteiger partial charge in [0.15, 0.2) is 10.9 Å². The first-order valence-electron chi connectivity index (χ1n) is 10.5. The molecule has 2 fully saturated rings. The van der Waals surface area contributed by atoms with Gasteiger partial charge in [-0.05, 0) is 43.6 Å². The van der Waals surface area contributed by atoms with Gasteiger partial charge in [0.05, 0.1) is 24.6 Å². The average molecular weight is 415 g/mol. The lowest BCUT2D eigenvalue weighted by Crippen LogP contribution is -2.55. The maximum atomic E-state index is 14.7. The molecule has 1 aromatic heterocycles. The molecular formula is C23H27FN2O2S. The lowest BCUT2D eigenvalue weighted by Gasteiger charge is -2.54. The predicted molar refractivity (Wildman–Crippen MR) is 111 cm³/mol. The van der Waals surface area contributed by atoms with Gasteiger partial charge < -0.3 is 9.47 Å². The Morgan fingerprint density at radius 1 is 1.14 bits per heavy atom. The van der Waals surface area contributed by atoms with Crippen LogP contribution < -0.4 is 0 Å². The quantitative estimate of drug-likeness (QED) is 0.511. The molecule has 29 heavy (non-hydrogen) atoms. The van der Waals surface area contributed by atoms with Crippen molar-refractivity contribution < 1.29 is 13.9 Å². The summed E-state index contributed by atoms with van der Waals surface area (Å²) in [6.07, 6.45) is 5.68. The third kappa shape index (κ3) is 2.87. The third-order valence-corrected chi connectivity index (χ3v) is 7.98. The van der Waals surface area contributed by atoms with Crippen LogP contribution in [0.25, 0.3) is 11.3 Å². The molecule has 0 bridgehead atoms. The topological polar surface area (TPSA) is 44.2 Å². The first-order chi connectivity index (χ1) is 14.0. The molecule has 5 rings (SSSR count). The number of fused-ring (bicyclic) bond motifs is 3. The predicted octanol–water partition coefficient (Wildman–Crippen LogP) is 5.00. The molecule has 6 heteroatoms. The molecule has 1 aromatic carbocycles. The van der Waals surface area contributed by atoms with E-state index in [0.717, 1.165) is 42.6 Å². The van der Waals surface area contributed by atoms with E-state index in [1.54, 1.807) is 6.07 Å². The Bertz CT molecular complexity index is 946. The maximum absolute atomic E-state index is 14.7. The Morgan fingerprint density at radius 3 is 2.62 bits per heavy atom. The fraction of sp³-hybridized carbons (Fsp3) is 0.565.